The summed E-state index contributed by atoms with van der Waals surface area (Å²) in [6.45, 7) is 2.95. The molecule has 6 nitrogen and oxygen atoms in total. The monoisotopic (exact) mass is 314 g/mol. The summed E-state index contributed by atoms with van der Waals surface area (Å²) in [4.78, 5) is 21.9. The van der Waals surface area contributed by atoms with Crippen LogP contribution in [0.5, 0.6) is 5.75 Å². The van der Waals surface area contributed by atoms with Crippen molar-refractivity contribution >= 4 is 6.03 Å². The van der Waals surface area contributed by atoms with Crippen LogP contribution in [0.25, 0.3) is 0 Å². The third-order valence-corrected chi connectivity index (χ3v) is 3.29. The number of rotatable bonds is 7. The van der Waals surface area contributed by atoms with Crippen LogP contribution in [0.1, 0.15) is 12.6 Å². The number of ether oxygens (including phenoxy) is 1. The fraction of sp³-hybridized carbons (Fsp3) is 0.353. The largest absolute Gasteiger partial charge is 0.487 e. The highest BCUT2D eigenvalue weighted by Crippen LogP contribution is 2.08. The minimum atomic E-state index is -0.132. The predicted octanol–water partition coefficient (Wildman–Crippen LogP) is 2.13. The van der Waals surface area contributed by atoms with Gasteiger partial charge in [0.05, 0.1) is 12.7 Å². The molecule has 2 amide bonds. The molecule has 1 atom stereocenters. The molecule has 6 heteroatoms. The van der Waals surface area contributed by atoms with Gasteiger partial charge in [0.25, 0.3) is 0 Å². The smallest absolute Gasteiger partial charge is 0.317 e. The molecule has 0 saturated heterocycles. The van der Waals surface area contributed by atoms with Gasteiger partial charge in [0.15, 0.2) is 0 Å². The van der Waals surface area contributed by atoms with Gasteiger partial charge in [0.2, 0.25) is 0 Å². The van der Waals surface area contributed by atoms with Gasteiger partial charge in [0.1, 0.15) is 11.9 Å². The molecular weight excluding hydrogens is 292 g/mol. The second-order valence-electron chi connectivity index (χ2n) is 5.30. The van der Waals surface area contributed by atoms with Gasteiger partial charge in [-0.25, -0.2) is 4.79 Å². The van der Waals surface area contributed by atoms with Gasteiger partial charge in [-0.15, -0.1) is 0 Å². The molecule has 0 unspecified atom stereocenters. The molecule has 0 radical (unpaired) electrons. The molecular formula is C17H22N4O2. The zero-order chi connectivity index (χ0) is 16.5. The van der Waals surface area contributed by atoms with E-state index in [-0.39, 0.29) is 12.1 Å². The van der Waals surface area contributed by atoms with Gasteiger partial charge < -0.3 is 15.0 Å². The van der Waals surface area contributed by atoms with Gasteiger partial charge in [-0.1, -0.05) is 6.07 Å². The Bertz CT molecular complexity index is 592. The summed E-state index contributed by atoms with van der Waals surface area (Å²) < 4.78 is 5.67. The number of nitrogens with one attached hydrogen (secondary N) is 1. The summed E-state index contributed by atoms with van der Waals surface area (Å²) in [7, 11) is 1.77. The number of urea groups is 1. The summed E-state index contributed by atoms with van der Waals surface area (Å²) in [6, 6.07) is 9.30. The summed E-state index contributed by atoms with van der Waals surface area (Å²) in [6.07, 6.45) is 5.69. The summed E-state index contributed by atoms with van der Waals surface area (Å²) in [5, 5.41) is 2.86. The van der Waals surface area contributed by atoms with Gasteiger partial charge in [0, 0.05) is 38.1 Å². The van der Waals surface area contributed by atoms with Crippen molar-refractivity contribution in [3.8, 4) is 5.75 Å². The zero-order valence-corrected chi connectivity index (χ0v) is 13.5. The van der Waals surface area contributed by atoms with Crippen LogP contribution in [0.4, 0.5) is 4.79 Å². The lowest BCUT2D eigenvalue weighted by atomic mass is 10.2. The van der Waals surface area contributed by atoms with Gasteiger partial charge in [-0.3, -0.25) is 9.97 Å². The van der Waals surface area contributed by atoms with Crippen molar-refractivity contribution in [2.75, 3.05) is 20.1 Å². The van der Waals surface area contributed by atoms with Crippen molar-refractivity contribution in [1.29, 1.82) is 0 Å². The third kappa shape index (κ3) is 5.94. The van der Waals surface area contributed by atoms with E-state index in [0.29, 0.717) is 18.8 Å². The molecule has 2 rings (SSSR count). The Labute approximate surface area is 136 Å². The number of aromatic nitrogens is 2. The number of carbonyl (C=O) groups excluding carboxylic acids is 1. The van der Waals surface area contributed by atoms with E-state index in [1.54, 1.807) is 30.5 Å². The molecule has 2 aromatic rings. The van der Waals surface area contributed by atoms with Crippen molar-refractivity contribution in [2.45, 2.75) is 19.4 Å². The van der Waals surface area contributed by atoms with E-state index in [2.05, 4.69) is 15.3 Å². The number of carbonyl (C=O) groups is 1. The highest BCUT2D eigenvalue weighted by molar-refractivity contribution is 5.73. The van der Waals surface area contributed by atoms with Crippen LogP contribution in [0, 0.1) is 0 Å². The molecule has 0 saturated carbocycles. The number of hydrogen-bond donors (Lipinski definition) is 1. The maximum Gasteiger partial charge on any atom is 0.317 e. The first kappa shape index (κ1) is 16.7. The van der Waals surface area contributed by atoms with Crippen LogP contribution in [0.2, 0.25) is 0 Å². The van der Waals surface area contributed by atoms with Gasteiger partial charge >= 0.3 is 6.03 Å². The minimum Gasteiger partial charge on any atom is -0.487 e. The van der Waals surface area contributed by atoms with E-state index in [9.17, 15) is 4.79 Å². The maximum absolute atomic E-state index is 12.0. The Morgan fingerprint density at radius 1 is 1.30 bits per heavy atom. The summed E-state index contributed by atoms with van der Waals surface area (Å²) >= 11 is 0. The molecule has 0 aromatic carbocycles. The molecule has 0 spiro atoms. The Kier molecular flexibility index (Phi) is 6.35. The Morgan fingerprint density at radius 2 is 2.17 bits per heavy atom. The van der Waals surface area contributed by atoms with Crippen LogP contribution >= 0.6 is 0 Å². The molecule has 0 aliphatic heterocycles. The van der Waals surface area contributed by atoms with Crippen molar-refractivity contribution < 1.29 is 9.53 Å². The summed E-state index contributed by atoms with van der Waals surface area (Å²) in [5.74, 6) is 0.692. The predicted molar refractivity (Wildman–Crippen MR) is 88.3 cm³/mol. The second kappa shape index (κ2) is 8.73. The Morgan fingerprint density at radius 3 is 2.87 bits per heavy atom. The SMILES string of the molecule is C[C@H](CNC(=O)N(C)CCc1ccccn1)Oc1cccnc1. The average molecular weight is 314 g/mol. The molecule has 122 valence electrons. The molecule has 0 aliphatic rings. The van der Waals surface area contributed by atoms with Crippen LogP contribution in [0.15, 0.2) is 48.9 Å². The van der Waals surface area contributed by atoms with E-state index >= 15 is 0 Å². The lowest BCUT2D eigenvalue weighted by Crippen LogP contribution is -2.42. The molecule has 0 aliphatic carbocycles. The summed E-state index contributed by atoms with van der Waals surface area (Å²) in [5.41, 5.74) is 0.973. The molecule has 0 bridgehead atoms. The Balaban J connectivity index is 1.69. The molecule has 0 fully saturated rings. The van der Waals surface area contributed by atoms with E-state index in [4.69, 9.17) is 4.74 Å². The lowest BCUT2D eigenvalue weighted by molar-refractivity contribution is 0.190. The van der Waals surface area contributed by atoms with E-state index in [0.717, 1.165) is 12.1 Å². The maximum atomic E-state index is 12.0. The number of nitrogens with zero attached hydrogens (tertiary/aromatic N) is 3. The quantitative estimate of drug-likeness (QED) is 0.850. The Hall–Kier alpha value is -2.63. The average Bonchev–Trinajstić information content (AvgIpc) is 2.59. The minimum absolute atomic E-state index is 0.123. The highest BCUT2D eigenvalue weighted by Gasteiger charge is 2.11. The number of pyridine rings is 2. The van der Waals surface area contributed by atoms with E-state index in [1.165, 1.54) is 0 Å². The topological polar surface area (TPSA) is 67.4 Å². The van der Waals surface area contributed by atoms with Crippen molar-refractivity contribution in [3.63, 3.8) is 0 Å². The zero-order valence-electron chi connectivity index (χ0n) is 13.5. The van der Waals surface area contributed by atoms with Crippen molar-refractivity contribution in [3.05, 3.63) is 54.6 Å². The normalized spacial score (nSPS) is 11.6. The fourth-order valence-corrected chi connectivity index (χ4v) is 1.99. The van der Waals surface area contributed by atoms with Crippen LogP contribution in [0.3, 0.4) is 0 Å². The molecule has 2 heterocycles. The molecule has 1 N–H and O–H groups in total. The fourth-order valence-electron chi connectivity index (χ4n) is 1.99. The van der Waals surface area contributed by atoms with Crippen LogP contribution < -0.4 is 10.1 Å². The van der Waals surface area contributed by atoms with E-state index in [1.807, 2.05) is 37.3 Å². The molecule has 2 aromatic heterocycles. The number of likely N-dealkylation sites (N-methyl/N-ethyl adjacent to an activating group) is 1. The first-order chi connectivity index (χ1) is 11.1. The van der Waals surface area contributed by atoms with Crippen LogP contribution in [-0.2, 0) is 6.42 Å². The third-order valence-electron chi connectivity index (χ3n) is 3.29. The van der Waals surface area contributed by atoms with Crippen molar-refractivity contribution in [1.82, 2.24) is 20.2 Å². The second-order valence-corrected chi connectivity index (χ2v) is 5.30. The van der Waals surface area contributed by atoms with Crippen LogP contribution in [-0.4, -0.2) is 47.1 Å². The van der Waals surface area contributed by atoms with Gasteiger partial charge in [-0.05, 0) is 31.2 Å². The standard InChI is InChI=1S/C17H22N4O2/c1-14(23-16-7-5-9-18-13-16)12-20-17(22)21(2)11-8-15-6-3-4-10-19-15/h3-7,9-10,13-14H,8,11-12H2,1-2H3,(H,20,22)/t14-/m1/s1. The van der Waals surface area contributed by atoms with Gasteiger partial charge in [-0.2, -0.15) is 0 Å². The first-order valence-corrected chi connectivity index (χ1v) is 7.60. The highest BCUT2D eigenvalue weighted by atomic mass is 16.5. The van der Waals surface area contributed by atoms with Crippen molar-refractivity contribution in [2.24, 2.45) is 0 Å². The number of amides is 2. The first-order valence-electron chi connectivity index (χ1n) is 7.60. The molecule has 23 heavy (non-hydrogen) atoms. The van der Waals surface area contributed by atoms with E-state index < -0.39 is 0 Å². The number of hydrogen-bond acceptors (Lipinski definition) is 4. The lowest BCUT2D eigenvalue weighted by Gasteiger charge is -2.20.